The summed E-state index contributed by atoms with van der Waals surface area (Å²) in [6, 6.07) is 6.20. The van der Waals surface area contributed by atoms with Crippen molar-refractivity contribution < 1.29 is 0 Å². The normalized spacial score (nSPS) is 10.9. The van der Waals surface area contributed by atoms with Crippen molar-refractivity contribution in [1.29, 1.82) is 0 Å². The van der Waals surface area contributed by atoms with E-state index >= 15 is 0 Å². The fourth-order valence-electron chi connectivity index (χ4n) is 1.55. The molecule has 0 aliphatic carbocycles. The van der Waals surface area contributed by atoms with Gasteiger partial charge in [-0.05, 0) is 31.5 Å². The van der Waals surface area contributed by atoms with Crippen LogP contribution in [-0.4, -0.2) is 4.40 Å². The first-order valence-corrected chi connectivity index (χ1v) is 4.41. The number of pyridine rings is 1. The molecule has 0 atom stereocenters. The lowest BCUT2D eigenvalue weighted by Gasteiger charge is -1.95. The van der Waals surface area contributed by atoms with Gasteiger partial charge in [0.2, 0.25) is 0 Å². The van der Waals surface area contributed by atoms with Gasteiger partial charge in [0.25, 0.3) is 0 Å². The van der Waals surface area contributed by atoms with Crippen LogP contribution in [0.4, 0.5) is 0 Å². The van der Waals surface area contributed by atoms with E-state index in [1.54, 1.807) is 0 Å². The average Bonchev–Trinajstić information content (AvgIpc) is 2.33. The predicted molar refractivity (Wildman–Crippen MR) is 54.1 cm³/mol. The minimum absolute atomic E-state index is 1.10. The Balaban J connectivity index is 2.99. The summed E-state index contributed by atoms with van der Waals surface area (Å²) in [6.45, 7) is 4.19. The lowest BCUT2D eigenvalue weighted by Crippen LogP contribution is -1.84. The van der Waals surface area contributed by atoms with E-state index in [0.29, 0.717) is 0 Å². The molecule has 2 heteroatoms. The highest BCUT2D eigenvalue weighted by Gasteiger charge is 2.06. The van der Waals surface area contributed by atoms with Crippen LogP contribution in [0.5, 0.6) is 0 Å². The quantitative estimate of drug-likeness (QED) is 0.590. The summed E-state index contributed by atoms with van der Waals surface area (Å²) in [5.74, 6) is 0. The van der Waals surface area contributed by atoms with Crippen LogP contribution in [-0.2, 0) is 0 Å². The molecule has 2 aromatic rings. The first-order valence-electron chi connectivity index (χ1n) is 3.97. The summed E-state index contributed by atoms with van der Waals surface area (Å²) >= 11 is 4.45. The molecule has 0 fully saturated rings. The van der Waals surface area contributed by atoms with Gasteiger partial charge in [-0.25, -0.2) is 0 Å². The van der Waals surface area contributed by atoms with Gasteiger partial charge >= 0.3 is 0 Å². The molecule has 12 heavy (non-hydrogen) atoms. The monoisotopic (exact) mass is 177 g/mol. The number of aromatic nitrogens is 1. The smallest absolute Gasteiger partial charge is 0.0493 e. The Morgan fingerprint density at radius 3 is 2.67 bits per heavy atom. The number of hydrogen-bond acceptors (Lipinski definition) is 1. The number of fused-ring (bicyclic) bond motifs is 1. The molecule has 0 spiro atoms. The molecule has 0 aromatic carbocycles. The van der Waals surface area contributed by atoms with E-state index in [4.69, 9.17) is 0 Å². The highest BCUT2D eigenvalue weighted by Crippen LogP contribution is 2.24. The first kappa shape index (κ1) is 7.74. The van der Waals surface area contributed by atoms with Crippen molar-refractivity contribution in [3.8, 4) is 0 Å². The van der Waals surface area contributed by atoms with E-state index in [-0.39, 0.29) is 0 Å². The summed E-state index contributed by atoms with van der Waals surface area (Å²) in [6.07, 6.45) is 2.07. The third-order valence-electron chi connectivity index (χ3n) is 2.30. The van der Waals surface area contributed by atoms with E-state index in [1.165, 1.54) is 16.8 Å². The van der Waals surface area contributed by atoms with Crippen molar-refractivity contribution in [2.75, 3.05) is 0 Å². The van der Waals surface area contributed by atoms with Gasteiger partial charge in [0.05, 0.1) is 0 Å². The molecule has 1 nitrogen and oxygen atoms in total. The van der Waals surface area contributed by atoms with Crippen molar-refractivity contribution in [2.45, 2.75) is 18.7 Å². The summed E-state index contributed by atoms with van der Waals surface area (Å²) in [4.78, 5) is 1.10. The topological polar surface area (TPSA) is 4.41 Å². The number of thiol groups is 1. The fourth-order valence-corrected chi connectivity index (χ4v) is 1.77. The average molecular weight is 177 g/mol. The third kappa shape index (κ3) is 0.879. The van der Waals surface area contributed by atoms with Crippen molar-refractivity contribution in [1.82, 2.24) is 4.40 Å². The Morgan fingerprint density at radius 1 is 1.25 bits per heavy atom. The lowest BCUT2D eigenvalue weighted by molar-refractivity contribution is 1.08. The molecule has 0 N–H and O–H groups in total. The van der Waals surface area contributed by atoms with Crippen LogP contribution >= 0.6 is 12.6 Å². The molecule has 0 saturated heterocycles. The lowest BCUT2D eigenvalue weighted by atomic mass is 10.3. The second kappa shape index (κ2) is 2.56. The van der Waals surface area contributed by atoms with E-state index < -0.39 is 0 Å². The van der Waals surface area contributed by atoms with Crippen molar-refractivity contribution >= 4 is 18.1 Å². The third-order valence-corrected chi connectivity index (χ3v) is 2.96. The highest BCUT2D eigenvalue weighted by molar-refractivity contribution is 7.80. The Hall–Kier alpha value is -0.890. The van der Waals surface area contributed by atoms with Crippen LogP contribution in [0.15, 0.2) is 29.3 Å². The SMILES string of the molecule is Cc1c(S)c(C)n2ccccc12. The van der Waals surface area contributed by atoms with E-state index in [1.807, 2.05) is 6.07 Å². The largest absolute Gasteiger partial charge is 0.320 e. The minimum atomic E-state index is 1.10. The first-order chi connectivity index (χ1) is 5.72. The van der Waals surface area contributed by atoms with Crippen LogP contribution in [0, 0.1) is 13.8 Å². The highest BCUT2D eigenvalue weighted by atomic mass is 32.1. The molecule has 0 amide bonds. The summed E-state index contributed by atoms with van der Waals surface area (Å²) in [7, 11) is 0. The minimum Gasteiger partial charge on any atom is -0.320 e. The molecule has 0 saturated carbocycles. The van der Waals surface area contributed by atoms with Crippen molar-refractivity contribution in [3.63, 3.8) is 0 Å². The number of rotatable bonds is 0. The molecule has 2 heterocycles. The molecular weight excluding hydrogens is 166 g/mol. The van der Waals surface area contributed by atoms with Crippen LogP contribution in [0.3, 0.4) is 0 Å². The van der Waals surface area contributed by atoms with Crippen LogP contribution < -0.4 is 0 Å². The standard InChI is InChI=1S/C10H11NS/c1-7-9-5-3-4-6-11(9)8(2)10(7)12/h3-6,12H,1-2H3. The number of nitrogens with zero attached hydrogens (tertiary/aromatic N) is 1. The predicted octanol–water partition coefficient (Wildman–Crippen LogP) is 2.84. The summed E-state index contributed by atoms with van der Waals surface area (Å²) in [5.41, 5.74) is 3.72. The number of aryl methyl sites for hydroxylation is 2. The van der Waals surface area contributed by atoms with Gasteiger partial charge in [-0.2, -0.15) is 0 Å². The molecule has 0 bridgehead atoms. The fraction of sp³-hybridized carbons (Fsp3) is 0.200. The van der Waals surface area contributed by atoms with Gasteiger partial charge in [-0.1, -0.05) is 6.07 Å². The van der Waals surface area contributed by atoms with Crippen molar-refractivity contribution in [3.05, 3.63) is 35.7 Å². The molecular formula is C10H11NS. The van der Waals surface area contributed by atoms with Gasteiger partial charge in [0.15, 0.2) is 0 Å². The second-order valence-corrected chi connectivity index (χ2v) is 3.46. The number of hydrogen-bond donors (Lipinski definition) is 1. The molecule has 0 unspecified atom stereocenters. The Labute approximate surface area is 77.4 Å². The maximum Gasteiger partial charge on any atom is 0.0493 e. The van der Waals surface area contributed by atoms with Crippen LogP contribution in [0.2, 0.25) is 0 Å². The van der Waals surface area contributed by atoms with Gasteiger partial charge in [0, 0.05) is 22.3 Å². The zero-order valence-corrected chi connectivity index (χ0v) is 8.10. The van der Waals surface area contributed by atoms with Gasteiger partial charge < -0.3 is 4.40 Å². The molecule has 2 aromatic heterocycles. The molecule has 2 rings (SSSR count). The van der Waals surface area contributed by atoms with E-state index in [9.17, 15) is 0 Å². The Morgan fingerprint density at radius 2 is 2.00 bits per heavy atom. The Kier molecular flexibility index (Phi) is 1.65. The van der Waals surface area contributed by atoms with Crippen LogP contribution in [0.1, 0.15) is 11.3 Å². The van der Waals surface area contributed by atoms with Gasteiger partial charge in [-0.15, -0.1) is 12.6 Å². The maximum atomic E-state index is 4.45. The molecule has 0 aliphatic heterocycles. The van der Waals surface area contributed by atoms with Gasteiger partial charge in [-0.3, -0.25) is 0 Å². The van der Waals surface area contributed by atoms with Crippen molar-refractivity contribution in [2.24, 2.45) is 0 Å². The van der Waals surface area contributed by atoms with Crippen LogP contribution in [0.25, 0.3) is 5.52 Å². The van der Waals surface area contributed by atoms with Gasteiger partial charge in [0.1, 0.15) is 0 Å². The van der Waals surface area contributed by atoms with E-state index in [2.05, 4.69) is 49.2 Å². The summed E-state index contributed by atoms with van der Waals surface area (Å²) < 4.78 is 2.16. The zero-order chi connectivity index (χ0) is 8.72. The maximum absolute atomic E-state index is 4.45. The molecule has 0 aliphatic rings. The van der Waals surface area contributed by atoms with E-state index in [0.717, 1.165) is 4.90 Å². The summed E-state index contributed by atoms with van der Waals surface area (Å²) in [5, 5.41) is 0. The zero-order valence-electron chi connectivity index (χ0n) is 7.20. The molecule has 62 valence electrons. The second-order valence-electron chi connectivity index (χ2n) is 3.01. The molecule has 0 radical (unpaired) electrons. The Bertz CT molecular complexity index is 390.